The van der Waals surface area contributed by atoms with E-state index in [1.807, 2.05) is 6.92 Å². The van der Waals surface area contributed by atoms with Crippen LogP contribution in [-0.2, 0) is 19.1 Å². The molecule has 22 heavy (non-hydrogen) atoms. The minimum atomic E-state index is -0.972. The Morgan fingerprint density at radius 1 is 1.36 bits per heavy atom. The van der Waals surface area contributed by atoms with Gasteiger partial charge in [0.05, 0.1) is 12.8 Å². The highest BCUT2D eigenvalue weighted by atomic mass is 35.5. The number of anilines is 1. The Bertz CT molecular complexity index is 731. The molecule has 1 aromatic carbocycles. The number of hydrazone groups is 1. The quantitative estimate of drug-likeness (QED) is 0.638. The fraction of sp³-hybridized carbons (Fsp3) is 0.286. The second-order valence-electron chi connectivity index (χ2n) is 5.02. The maximum Gasteiger partial charge on any atom is 0.355 e. The van der Waals surface area contributed by atoms with Crippen LogP contribution in [0.1, 0.15) is 5.56 Å². The summed E-state index contributed by atoms with van der Waals surface area (Å²) in [7, 11) is 1.19. The van der Waals surface area contributed by atoms with Crippen molar-refractivity contribution in [2.24, 2.45) is 11.0 Å². The molecule has 2 atom stereocenters. The maximum absolute atomic E-state index is 12.6. The zero-order chi connectivity index (χ0) is 16.0. The van der Waals surface area contributed by atoms with Crippen LogP contribution >= 0.6 is 11.6 Å². The lowest BCUT2D eigenvalue weighted by Crippen LogP contribution is -2.36. The van der Waals surface area contributed by atoms with Crippen LogP contribution in [0.4, 0.5) is 5.69 Å². The Hall–Kier alpha value is -2.41. The first kappa shape index (κ1) is 14.5. The highest BCUT2D eigenvalue weighted by Crippen LogP contribution is 2.32. The van der Waals surface area contributed by atoms with Crippen LogP contribution in [0.25, 0.3) is 0 Å². The van der Waals surface area contributed by atoms with Gasteiger partial charge in [0.1, 0.15) is 12.0 Å². The molecular formula is C14H12ClN3O4. The van der Waals surface area contributed by atoms with E-state index in [1.54, 1.807) is 18.2 Å². The number of aryl methyl sites for hydroxylation is 1. The number of fused-ring (bicyclic) bond motifs is 1. The topological polar surface area (TPSA) is 88.1 Å². The summed E-state index contributed by atoms with van der Waals surface area (Å²) in [5, 5.41) is 4.20. The molecule has 0 bridgehead atoms. The number of ether oxygens (including phenoxy) is 1. The van der Waals surface area contributed by atoms with E-state index in [-0.39, 0.29) is 5.71 Å². The van der Waals surface area contributed by atoms with Crippen molar-refractivity contribution in [2.45, 2.75) is 13.0 Å². The van der Waals surface area contributed by atoms with E-state index in [9.17, 15) is 14.4 Å². The molecule has 0 aromatic heterocycles. The molecule has 2 amide bonds. The van der Waals surface area contributed by atoms with Gasteiger partial charge in [-0.05, 0) is 24.6 Å². The predicted molar refractivity (Wildman–Crippen MR) is 78.5 cm³/mol. The third kappa shape index (κ3) is 1.97. The van der Waals surface area contributed by atoms with E-state index >= 15 is 0 Å². The molecule has 7 nitrogen and oxygen atoms in total. The van der Waals surface area contributed by atoms with Crippen molar-refractivity contribution < 1.29 is 19.1 Å². The van der Waals surface area contributed by atoms with E-state index in [4.69, 9.17) is 11.6 Å². The summed E-state index contributed by atoms with van der Waals surface area (Å²) in [5.74, 6) is -2.70. The molecule has 114 valence electrons. The second-order valence-corrected chi connectivity index (χ2v) is 5.43. The largest absolute Gasteiger partial charge is 0.464 e. The van der Waals surface area contributed by atoms with Crippen molar-refractivity contribution in [2.75, 3.05) is 12.0 Å². The van der Waals surface area contributed by atoms with E-state index in [1.165, 1.54) is 7.11 Å². The van der Waals surface area contributed by atoms with Crippen molar-refractivity contribution >= 4 is 40.8 Å². The van der Waals surface area contributed by atoms with Crippen molar-refractivity contribution in [3.8, 4) is 0 Å². The number of nitrogens with one attached hydrogen (secondary N) is 1. The number of hydrogen-bond acceptors (Lipinski definition) is 6. The number of imide groups is 1. The molecule has 0 saturated carbocycles. The number of carbonyl (C=O) groups is 3. The normalized spacial score (nSPS) is 23.2. The van der Waals surface area contributed by atoms with Crippen LogP contribution in [0.5, 0.6) is 0 Å². The molecule has 0 aliphatic carbocycles. The smallest absolute Gasteiger partial charge is 0.355 e. The van der Waals surface area contributed by atoms with Gasteiger partial charge in [0.15, 0.2) is 5.71 Å². The van der Waals surface area contributed by atoms with Crippen LogP contribution in [0.2, 0.25) is 5.02 Å². The molecule has 8 heteroatoms. The summed E-state index contributed by atoms with van der Waals surface area (Å²) in [5.41, 5.74) is 3.64. The number of halogens is 1. The summed E-state index contributed by atoms with van der Waals surface area (Å²) >= 11 is 6.05. The number of nitrogens with zero attached hydrogens (tertiary/aromatic N) is 2. The highest BCUT2D eigenvalue weighted by molar-refractivity contribution is 6.46. The van der Waals surface area contributed by atoms with Crippen LogP contribution in [0.15, 0.2) is 23.3 Å². The van der Waals surface area contributed by atoms with Crippen molar-refractivity contribution in [3.05, 3.63) is 28.8 Å². The van der Waals surface area contributed by atoms with Crippen molar-refractivity contribution in [1.29, 1.82) is 0 Å². The van der Waals surface area contributed by atoms with Crippen LogP contribution in [-0.4, -0.2) is 36.6 Å². The van der Waals surface area contributed by atoms with E-state index < -0.39 is 29.7 Å². The van der Waals surface area contributed by atoms with E-state index in [0.717, 1.165) is 10.5 Å². The summed E-state index contributed by atoms with van der Waals surface area (Å²) in [4.78, 5) is 37.7. The summed E-state index contributed by atoms with van der Waals surface area (Å²) < 4.78 is 4.59. The molecule has 2 unspecified atom stereocenters. The van der Waals surface area contributed by atoms with Gasteiger partial charge in [0, 0.05) is 5.02 Å². The van der Waals surface area contributed by atoms with Crippen LogP contribution < -0.4 is 10.3 Å². The van der Waals surface area contributed by atoms with Gasteiger partial charge < -0.3 is 4.74 Å². The first-order valence-corrected chi connectivity index (χ1v) is 6.89. The number of rotatable bonds is 2. The number of carbonyl (C=O) groups excluding carboxylic acids is 3. The van der Waals surface area contributed by atoms with Gasteiger partial charge in [-0.2, -0.15) is 5.10 Å². The zero-order valence-electron chi connectivity index (χ0n) is 11.8. The Morgan fingerprint density at radius 2 is 2.09 bits per heavy atom. The van der Waals surface area contributed by atoms with Gasteiger partial charge in [-0.3, -0.25) is 15.0 Å². The van der Waals surface area contributed by atoms with Gasteiger partial charge in [-0.15, -0.1) is 0 Å². The molecule has 3 rings (SSSR count). The predicted octanol–water partition coefficient (Wildman–Crippen LogP) is 0.639. The third-order valence-corrected chi connectivity index (χ3v) is 4.14. The summed E-state index contributed by atoms with van der Waals surface area (Å²) in [6.45, 7) is 1.82. The molecule has 1 saturated heterocycles. The molecule has 1 N–H and O–H groups in total. The minimum Gasteiger partial charge on any atom is -0.464 e. The molecule has 2 aliphatic rings. The maximum atomic E-state index is 12.6. The summed E-state index contributed by atoms with van der Waals surface area (Å²) in [6.07, 6.45) is 0. The Kier molecular flexibility index (Phi) is 3.37. The van der Waals surface area contributed by atoms with Crippen molar-refractivity contribution in [1.82, 2.24) is 5.43 Å². The molecule has 1 aromatic rings. The third-order valence-electron chi connectivity index (χ3n) is 3.73. The fourth-order valence-electron chi connectivity index (χ4n) is 2.54. The molecular weight excluding hydrogens is 310 g/mol. The first-order chi connectivity index (χ1) is 10.5. The standard InChI is InChI=1S/C14H12ClN3O4/c1-6-3-4-7(5-8(6)15)18-12(19)9-10(13(18)20)16-17-11(9)14(21)22-2/h3-5,9-10,16H,1-2H3. The second kappa shape index (κ2) is 5.10. The van der Waals surface area contributed by atoms with Gasteiger partial charge in [0.25, 0.3) is 5.91 Å². The SMILES string of the molecule is COC(=O)C1=NNC2C(=O)N(c3ccc(C)c(Cl)c3)C(=O)C12. The summed E-state index contributed by atoms with van der Waals surface area (Å²) in [6, 6.07) is 4.01. The lowest BCUT2D eigenvalue weighted by atomic mass is 9.99. The van der Waals surface area contributed by atoms with Crippen molar-refractivity contribution in [3.63, 3.8) is 0 Å². The molecule has 2 aliphatic heterocycles. The van der Waals surface area contributed by atoms with Gasteiger partial charge >= 0.3 is 5.97 Å². The Labute approximate surface area is 130 Å². The Balaban J connectivity index is 1.98. The van der Waals surface area contributed by atoms with Gasteiger partial charge in [0.2, 0.25) is 5.91 Å². The van der Waals surface area contributed by atoms with E-state index in [2.05, 4.69) is 15.3 Å². The lowest BCUT2D eigenvalue weighted by molar-refractivity contribution is -0.133. The monoisotopic (exact) mass is 321 g/mol. The molecule has 2 heterocycles. The fourth-order valence-corrected chi connectivity index (χ4v) is 2.71. The number of hydrogen-bond donors (Lipinski definition) is 1. The highest BCUT2D eigenvalue weighted by Gasteiger charge is 2.55. The lowest BCUT2D eigenvalue weighted by Gasteiger charge is -2.16. The van der Waals surface area contributed by atoms with E-state index in [0.29, 0.717) is 10.7 Å². The van der Waals surface area contributed by atoms with Gasteiger partial charge in [-0.25, -0.2) is 9.69 Å². The average Bonchev–Trinajstić information content (AvgIpc) is 3.03. The average molecular weight is 322 g/mol. The number of amides is 2. The molecule has 0 radical (unpaired) electrons. The first-order valence-electron chi connectivity index (χ1n) is 6.51. The Morgan fingerprint density at radius 3 is 2.73 bits per heavy atom. The number of benzene rings is 1. The molecule has 1 fully saturated rings. The van der Waals surface area contributed by atoms with Crippen LogP contribution in [0, 0.1) is 12.8 Å². The number of esters is 1. The van der Waals surface area contributed by atoms with Crippen LogP contribution in [0.3, 0.4) is 0 Å². The van der Waals surface area contributed by atoms with Gasteiger partial charge in [-0.1, -0.05) is 17.7 Å². The molecule has 0 spiro atoms. The zero-order valence-corrected chi connectivity index (χ0v) is 12.5. The minimum absolute atomic E-state index is 0.0911. The number of methoxy groups -OCH3 is 1.